The van der Waals surface area contributed by atoms with Crippen LogP contribution < -0.4 is 5.32 Å². The zero-order chi connectivity index (χ0) is 19.6. The first-order valence-corrected chi connectivity index (χ1v) is 10.7. The lowest BCUT2D eigenvalue weighted by Gasteiger charge is -2.31. The van der Waals surface area contributed by atoms with Gasteiger partial charge in [0.15, 0.2) is 0 Å². The van der Waals surface area contributed by atoms with Gasteiger partial charge in [-0.3, -0.25) is 4.79 Å². The van der Waals surface area contributed by atoms with Crippen LogP contribution in [0.4, 0.5) is 5.69 Å². The Morgan fingerprint density at radius 2 is 1.96 bits per heavy atom. The van der Waals surface area contributed by atoms with E-state index >= 15 is 0 Å². The zero-order valence-electron chi connectivity index (χ0n) is 15.4. The van der Waals surface area contributed by atoms with Gasteiger partial charge < -0.3 is 5.32 Å². The van der Waals surface area contributed by atoms with Crippen molar-refractivity contribution in [1.82, 2.24) is 4.31 Å². The number of aryl methyl sites for hydroxylation is 2. The van der Waals surface area contributed by atoms with Crippen LogP contribution in [-0.2, 0) is 14.8 Å². The molecule has 3 rings (SSSR count). The Morgan fingerprint density at radius 3 is 2.67 bits per heavy atom. The predicted molar refractivity (Wildman–Crippen MR) is 107 cm³/mol. The quantitative estimate of drug-likeness (QED) is 0.834. The molecule has 144 valence electrons. The van der Waals surface area contributed by atoms with Crippen LogP contribution in [0.1, 0.15) is 24.0 Å². The lowest BCUT2D eigenvalue weighted by atomic mass is 9.98. The zero-order valence-corrected chi connectivity index (χ0v) is 17.0. The highest BCUT2D eigenvalue weighted by Crippen LogP contribution is 2.27. The molecule has 1 aliphatic heterocycles. The van der Waals surface area contributed by atoms with E-state index < -0.39 is 10.0 Å². The molecule has 5 nitrogen and oxygen atoms in total. The second-order valence-electron chi connectivity index (χ2n) is 6.97. The van der Waals surface area contributed by atoms with Gasteiger partial charge in [-0.15, -0.1) is 0 Å². The molecule has 0 unspecified atom stereocenters. The summed E-state index contributed by atoms with van der Waals surface area (Å²) >= 11 is 6.09. The van der Waals surface area contributed by atoms with Crippen molar-refractivity contribution >= 4 is 33.2 Å². The first-order chi connectivity index (χ1) is 12.8. The average Bonchev–Trinajstić information content (AvgIpc) is 2.64. The molecule has 0 aromatic heterocycles. The highest BCUT2D eigenvalue weighted by Gasteiger charge is 2.33. The molecule has 7 heteroatoms. The van der Waals surface area contributed by atoms with Crippen LogP contribution in [0.5, 0.6) is 0 Å². The molecule has 0 bridgehead atoms. The van der Waals surface area contributed by atoms with Gasteiger partial charge >= 0.3 is 0 Å². The number of hydrogen-bond acceptors (Lipinski definition) is 3. The topological polar surface area (TPSA) is 66.5 Å². The van der Waals surface area contributed by atoms with E-state index in [2.05, 4.69) is 5.32 Å². The minimum atomic E-state index is -3.68. The summed E-state index contributed by atoms with van der Waals surface area (Å²) in [5.74, 6) is -0.530. The molecule has 1 saturated heterocycles. The van der Waals surface area contributed by atoms with Crippen molar-refractivity contribution in [2.75, 3.05) is 18.4 Å². The number of carbonyl (C=O) groups is 1. The number of anilines is 1. The van der Waals surface area contributed by atoms with Gasteiger partial charge in [-0.25, -0.2) is 8.42 Å². The Morgan fingerprint density at radius 1 is 1.19 bits per heavy atom. The molecule has 1 aliphatic rings. The fourth-order valence-electron chi connectivity index (χ4n) is 3.22. The smallest absolute Gasteiger partial charge is 0.243 e. The van der Waals surface area contributed by atoms with Crippen molar-refractivity contribution in [2.24, 2.45) is 5.92 Å². The third-order valence-electron chi connectivity index (χ3n) is 4.82. The largest absolute Gasteiger partial charge is 0.326 e. The summed E-state index contributed by atoms with van der Waals surface area (Å²) < 4.78 is 27.3. The highest BCUT2D eigenvalue weighted by atomic mass is 35.5. The Bertz CT molecular complexity index is 959. The Hall–Kier alpha value is -1.89. The fraction of sp³-hybridized carbons (Fsp3) is 0.350. The highest BCUT2D eigenvalue weighted by molar-refractivity contribution is 7.89. The van der Waals surface area contributed by atoms with Crippen LogP contribution in [0.15, 0.2) is 47.4 Å². The first kappa shape index (κ1) is 19.9. The van der Waals surface area contributed by atoms with E-state index in [-0.39, 0.29) is 23.3 Å². The van der Waals surface area contributed by atoms with Crippen molar-refractivity contribution in [3.05, 3.63) is 58.6 Å². The Balaban J connectivity index is 1.74. The van der Waals surface area contributed by atoms with Crippen molar-refractivity contribution in [3.63, 3.8) is 0 Å². The number of benzene rings is 2. The minimum Gasteiger partial charge on any atom is -0.326 e. The number of halogens is 1. The van der Waals surface area contributed by atoms with E-state index in [9.17, 15) is 13.2 Å². The summed E-state index contributed by atoms with van der Waals surface area (Å²) in [6.45, 7) is 4.36. The summed E-state index contributed by atoms with van der Waals surface area (Å²) in [7, 11) is -3.68. The van der Waals surface area contributed by atoms with Gasteiger partial charge in [-0.05, 0) is 62.1 Å². The van der Waals surface area contributed by atoms with E-state index in [1.165, 1.54) is 10.4 Å². The summed E-state index contributed by atoms with van der Waals surface area (Å²) in [5.41, 5.74) is 2.60. The molecule has 1 N–H and O–H groups in total. The second kappa shape index (κ2) is 8.00. The van der Waals surface area contributed by atoms with Gasteiger partial charge in [-0.1, -0.05) is 29.8 Å². The third-order valence-corrected chi connectivity index (χ3v) is 7.09. The molecule has 1 heterocycles. The maximum atomic E-state index is 13.0. The van der Waals surface area contributed by atoms with Crippen LogP contribution in [0.3, 0.4) is 0 Å². The van der Waals surface area contributed by atoms with Gasteiger partial charge in [-0.2, -0.15) is 4.31 Å². The summed E-state index contributed by atoms with van der Waals surface area (Å²) in [4.78, 5) is 12.8. The fourth-order valence-corrected chi connectivity index (χ4v) is 5.02. The van der Waals surface area contributed by atoms with Crippen LogP contribution in [0.25, 0.3) is 0 Å². The molecule has 2 aromatic rings. The second-order valence-corrected chi connectivity index (χ2v) is 9.32. The SMILES string of the molecule is Cc1cccc(NC(=O)[C@H]2CCCN(S(=O)(=O)c3ccc(C)c(Cl)c3)C2)c1. The number of hydrogen-bond donors (Lipinski definition) is 1. The molecule has 0 saturated carbocycles. The van der Waals surface area contributed by atoms with E-state index in [4.69, 9.17) is 11.6 Å². The number of amides is 1. The standard InChI is InChI=1S/C20H23ClN2O3S/c1-14-5-3-7-17(11-14)22-20(24)16-6-4-10-23(13-16)27(25,26)18-9-8-15(2)19(21)12-18/h3,5,7-9,11-12,16H,4,6,10,13H2,1-2H3,(H,22,24)/t16-/m0/s1. The molecule has 1 atom stereocenters. The van der Waals surface area contributed by atoms with Crippen molar-refractivity contribution < 1.29 is 13.2 Å². The van der Waals surface area contributed by atoms with E-state index in [1.807, 2.05) is 38.1 Å². The van der Waals surface area contributed by atoms with Crippen molar-refractivity contribution in [1.29, 1.82) is 0 Å². The van der Waals surface area contributed by atoms with Gasteiger partial charge in [0.25, 0.3) is 0 Å². The van der Waals surface area contributed by atoms with Gasteiger partial charge in [0.1, 0.15) is 0 Å². The number of nitrogens with one attached hydrogen (secondary N) is 1. The lowest BCUT2D eigenvalue weighted by molar-refractivity contribution is -0.120. The first-order valence-electron chi connectivity index (χ1n) is 8.91. The number of nitrogens with zero attached hydrogens (tertiary/aromatic N) is 1. The van der Waals surface area contributed by atoms with Crippen LogP contribution in [0.2, 0.25) is 5.02 Å². The average molecular weight is 407 g/mol. The molecule has 2 aromatic carbocycles. The van der Waals surface area contributed by atoms with Crippen LogP contribution >= 0.6 is 11.6 Å². The maximum absolute atomic E-state index is 13.0. The molecule has 0 spiro atoms. The normalized spacial score (nSPS) is 18.3. The summed E-state index contributed by atoms with van der Waals surface area (Å²) in [6.07, 6.45) is 1.31. The van der Waals surface area contributed by atoms with Gasteiger partial charge in [0, 0.05) is 23.8 Å². The minimum absolute atomic E-state index is 0.151. The maximum Gasteiger partial charge on any atom is 0.243 e. The number of piperidine rings is 1. The lowest BCUT2D eigenvalue weighted by Crippen LogP contribution is -2.43. The van der Waals surface area contributed by atoms with Gasteiger partial charge in [0.05, 0.1) is 10.8 Å². The number of rotatable bonds is 4. The summed E-state index contributed by atoms with van der Waals surface area (Å²) in [6, 6.07) is 12.3. The number of carbonyl (C=O) groups excluding carboxylic acids is 1. The third kappa shape index (κ3) is 4.51. The van der Waals surface area contributed by atoms with E-state index in [1.54, 1.807) is 12.1 Å². The van der Waals surface area contributed by atoms with Crippen molar-refractivity contribution in [3.8, 4) is 0 Å². The van der Waals surface area contributed by atoms with Crippen molar-refractivity contribution in [2.45, 2.75) is 31.6 Å². The van der Waals surface area contributed by atoms with E-state index in [0.717, 1.165) is 16.8 Å². The van der Waals surface area contributed by atoms with Gasteiger partial charge in [0.2, 0.25) is 15.9 Å². The molecule has 0 aliphatic carbocycles. The predicted octanol–water partition coefficient (Wildman–Crippen LogP) is 4.00. The Kier molecular flexibility index (Phi) is 5.89. The molecule has 1 amide bonds. The molecular formula is C20H23ClN2O3S. The summed E-state index contributed by atoms with van der Waals surface area (Å²) in [5, 5.41) is 3.32. The molecular weight excluding hydrogens is 384 g/mol. The van der Waals surface area contributed by atoms with E-state index in [0.29, 0.717) is 24.4 Å². The molecule has 27 heavy (non-hydrogen) atoms. The molecule has 0 radical (unpaired) electrons. The van der Waals surface area contributed by atoms with Crippen LogP contribution in [0, 0.1) is 19.8 Å². The molecule has 1 fully saturated rings. The number of sulfonamides is 1. The Labute approximate surface area is 165 Å². The van der Waals surface area contributed by atoms with Crippen LogP contribution in [-0.4, -0.2) is 31.7 Å². The monoisotopic (exact) mass is 406 g/mol.